The predicted molar refractivity (Wildman–Crippen MR) is 246 cm³/mol. The van der Waals surface area contributed by atoms with Gasteiger partial charge in [-0.05, 0) is 111 Å². The van der Waals surface area contributed by atoms with Crippen LogP contribution in [0, 0.1) is 86.9 Å². The van der Waals surface area contributed by atoms with Crippen molar-refractivity contribution in [1.29, 1.82) is 21.0 Å². The molecule has 6 aromatic heterocycles. The van der Waals surface area contributed by atoms with E-state index < -0.39 is 11.1 Å². The van der Waals surface area contributed by atoms with Crippen molar-refractivity contribution in [2.75, 3.05) is 0 Å². The Morgan fingerprint density at radius 2 is 0.508 bits per heavy atom. The van der Waals surface area contributed by atoms with Crippen molar-refractivity contribution in [3.63, 3.8) is 0 Å². The molecule has 0 aliphatic rings. The van der Waals surface area contributed by atoms with Crippen LogP contribution in [0.15, 0.2) is 121 Å². The van der Waals surface area contributed by atoms with Crippen LogP contribution < -0.4 is 0 Å². The predicted octanol–water partition coefficient (Wildman–Crippen LogP) is 10.6. The van der Waals surface area contributed by atoms with Crippen LogP contribution in [0.1, 0.15) is 33.4 Å². The molecule has 9 aromatic rings. The molecule has 304 valence electrons. The van der Waals surface area contributed by atoms with Crippen LogP contribution in [0.3, 0.4) is 0 Å². The maximum Gasteiger partial charge on any atom is 2.00 e. The van der Waals surface area contributed by atoms with Crippen LogP contribution >= 0.6 is 0 Å². The van der Waals surface area contributed by atoms with Gasteiger partial charge in [0.2, 0.25) is 0 Å². The normalized spacial score (nSPS) is 9.56. The molecule has 6 heterocycles. The van der Waals surface area contributed by atoms with Gasteiger partial charge in [0.1, 0.15) is 35.4 Å². The molecule has 0 saturated heterocycles. The van der Waals surface area contributed by atoms with Gasteiger partial charge in [-0.2, -0.15) is 21.0 Å². The largest absolute Gasteiger partial charge is 2.00 e. The third kappa shape index (κ3) is 10.3. The number of aryl methyl sites for hydroxylation is 6. The molecule has 0 radical (unpaired) electrons. The van der Waals surface area contributed by atoms with Crippen LogP contribution in [-0.2, 0) is 17.1 Å². The van der Waals surface area contributed by atoms with Crippen molar-refractivity contribution >= 4 is 77.2 Å². The number of nitriles is 4. The van der Waals surface area contributed by atoms with Crippen LogP contribution in [0.25, 0.3) is 76.2 Å². The first-order valence-corrected chi connectivity index (χ1v) is 19.0. The molecule has 0 fully saturated rings. The SMILES string of the molecule is Cc1c(C)c2cccnc2c2ncccc12.Cc1c(C)c2cccnc2c2ncccc12.Cc1c(C)c2cccnc2c2ncccc12.N#CC(=C=[N-])C#N.N#CC(=C=[N-])C#N.[Fe+2]. The van der Waals surface area contributed by atoms with Gasteiger partial charge in [-0.15, -0.1) is 0 Å². The second-order valence-corrected chi connectivity index (χ2v) is 13.6. The topological polar surface area (TPSA) is 217 Å². The van der Waals surface area contributed by atoms with Gasteiger partial charge in [-0.3, -0.25) is 29.9 Å². The summed E-state index contributed by atoms with van der Waals surface area (Å²) in [5.74, 6) is 2.79. The molecule has 12 nitrogen and oxygen atoms in total. The Labute approximate surface area is 374 Å². The number of allylic oxidation sites excluding steroid dienone is 2. The smallest absolute Gasteiger partial charge is 0.762 e. The molecule has 9 rings (SSSR count). The summed E-state index contributed by atoms with van der Waals surface area (Å²) in [6.07, 6.45) is 10.9. The Kier molecular flexibility index (Phi) is 16.6. The third-order valence-electron chi connectivity index (χ3n) is 10.3. The number of nitrogens with zero attached hydrogens (tertiary/aromatic N) is 12. The van der Waals surface area contributed by atoms with Gasteiger partial charge in [0.25, 0.3) is 0 Å². The van der Waals surface area contributed by atoms with Gasteiger partial charge >= 0.3 is 17.1 Å². The van der Waals surface area contributed by atoms with Crippen molar-refractivity contribution in [2.45, 2.75) is 41.5 Å². The zero-order valence-corrected chi connectivity index (χ0v) is 36.2. The first-order chi connectivity index (χ1) is 30.1. The van der Waals surface area contributed by atoms with Crippen molar-refractivity contribution in [1.82, 2.24) is 29.9 Å². The number of aromatic nitrogens is 6. The summed E-state index contributed by atoms with van der Waals surface area (Å²) in [7, 11) is 0. The second-order valence-electron chi connectivity index (χ2n) is 13.6. The average molecular weight is 861 g/mol. The van der Waals surface area contributed by atoms with E-state index in [4.69, 9.17) is 31.9 Å². The minimum Gasteiger partial charge on any atom is -0.762 e. The standard InChI is InChI=1S/3C14H12N2.2C4N3.Fe/c3*1-9-10(2)12-6-4-8-16-14(12)13-11(9)5-3-7-15-13;2*5-1-4(2-6)3-7;/h3*3-8H,1-2H3;;;/q;;;2*-1;+2. The van der Waals surface area contributed by atoms with E-state index in [2.05, 4.69) is 108 Å². The zero-order valence-electron chi connectivity index (χ0n) is 35.1. The minimum absolute atomic E-state index is 0. The Hall–Kier alpha value is -8.50. The summed E-state index contributed by atoms with van der Waals surface area (Å²) in [4.78, 5) is 26.7. The summed E-state index contributed by atoms with van der Waals surface area (Å²) in [5.41, 5.74) is 13.0. The van der Waals surface area contributed by atoms with Gasteiger partial charge in [0.15, 0.2) is 0 Å². The molecule has 63 heavy (non-hydrogen) atoms. The van der Waals surface area contributed by atoms with Gasteiger partial charge in [-0.1, -0.05) is 36.4 Å². The molecular weight excluding hydrogens is 824 g/mol. The summed E-state index contributed by atoms with van der Waals surface area (Å²) < 4.78 is 0. The van der Waals surface area contributed by atoms with Gasteiger partial charge < -0.3 is 10.8 Å². The van der Waals surface area contributed by atoms with Crippen molar-refractivity contribution in [3.8, 4) is 24.3 Å². The molecule has 0 saturated carbocycles. The fourth-order valence-corrected chi connectivity index (χ4v) is 6.74. The Morgan fingerprint density at radius 3 is 0.619 bits per heavy atom. The van der Waals surface area contributed by atoms with E-state index in [9.17, 15) is 0 Å². The Balaban J connectivity index is 0.000000180. The number of fused-ring (bicyclic) bond motifs is 9. The zero-order chi connectivity index (χ0) is 44.8. The number of rotatable bonds is 0. The van der Waals surface area contributed by atoms with E-state index in [1.165, 1.54) is 102 Å². The molecule has 0 aliphatic heterocycles. The van der Waals surface area contributed by atoms with E-state index in [0.717, 1.165) is 33.1 Å². The summed E-state index contributed by atoms with van der Waals surface area (Å²) in [6.45, 7) is 12.9. The van der Waals surface area contributed by atoms with Crippen LogP contribution in [0.4, 0.5) is 0 Å². The molecule has 0 spiro atoms. The maximum atomic E-state index is 7.79. The monoisotopic (exact) mass is 860 g/mol. The van der Waals surface area contributed by atoms with Gasteiger partial charge in [0.05, 0.1) is 33.1 Å². The molecule has 13 heteroatoms. The van der Waals surface area contributed by atoms with Gasteiger partial charge in [0, 0.05) is 69.5 Å². The number of hydrogen-bond acceptors (Lipinski definition) is 10. The average Bonchev–Trinajstić information content (AvgIpc) is 3.33. The third-order valence-corrected chi connectivity index (χ3v) is 10.3. The minimum atomic E-state index is -0.403. The summed E-state index contributed by atoms with van der Waals surface area (Å²) in [5, 5.41) is 54.0. The molecule has 0 bridgehead atoms. The fraction of sp³-hybridized carbons (Fsp3) is 0.120. The summed E-state index contributed by atoms with van der Waals surface area (Å²) >= 11 is 0. The second kappa shape index (κ2) is 22.2. The first kappa shape index (κ1) is 47.2. The van der Waals surface area contributed by atoms with E-state index >= 15 is 0 Å². The van der Waals surface area contributed by atoms with E-state index in [1.807, 2.05) is 73.6 Å². The molecular formula is C50H36FeN12. The molecule has 0 unspecified atom stereocenters. The molecule has 3 aromatic carbocycles. The Bertz CT molecular complexity index is 2900. The van der Waals surface area contributed by atoms with E-state index in [-0.39, 0.29) is 17.1 Å². The number of benzene rings is 3. The maximum absolute atomic E-state index is 7.79. The first-order valence-electron chi connectivity index (χ1n) is 19.0. The fourth-order valence-electron chi connectivity index (χ4n) is 6.74. The van der Waals surface area contributed by atoms with E-state index in [0.29, 0.717) is 0 Å². The number of hydrogen-bond donors (Lipinski definition) is 0. The molecule has 0 N–H and O–H groups in total. The molecule has 0 aliphatic carbocycles. The summed E-state index contributed by atoms with van der Waals surface area (Å²) in [6, 6.07) is 30.1. The number of pyridine rings is 6. The molecule has 0 atom stereocenters. The van der Waals surface area contributed by atoms with Crippen molar-refractivity contribution in [3.05, 3.63) is 165 Å². The van der Waals surface area contributed by atoms with Crippen LogP contribution in [-0.4, -0.2) is 41.6 Å². The van der Waals surface area contributed by atoms with Gasteiger partial charge in [-0.25, -0.2) is 11.7 Å². The van der Waals surface area contributed by atoms with E-state index in [1.54, 1.807) is 0 Å². The quantitative estimate of drug-likeness (QED) is 0.0608. The van der Waals surface area contributed by atoms with Crippen LogP contribution in [0.2, 0.25) is 0 Å². The molecule has 0 amide bonds. The van der Waals surface area contributed by atoms with Crippen LogP contribution in [0.5, 0.6) is 0 Å². The Morgan fingerprint density at radius 1 is 0.349 bits per heavy atom. The van der Waals surface area contributed by atoms with Crippen molar-refractivity contribution < 1.29 is 17.1 Å². The van der Waals surface area contributed by atoms with Crippen molar-refractivity contribution in [2.24, 2.45) is 0 Å².